The number of nitrogens with one attached hydrogen (secondary N) is 2. The minimum atomic E-state index is 0.401. The van der Waals surface area contributed by atoms with E-state index >= 15 is 0 Å². The molecule has 0 atom stereocenters. The average molecular weight is 379 g/mol. The molecule has 1 aromatic carbocycles. The van der Waals surface area contributed by atoms with Crippen LogP contribution in [0.25, 0.3) is 11.4 Å². The van der Waals surface area contributed by atoms with Gasteiger partial charge in [-0.05, 0) is 24.3 Å². The van der Waals surface area contributed by atoms with E-state index in [1.807, 2.05) is 12.1 Å². The van der Waals surface area contributed by atoms with Crippen LogP contribution in [-0.2, 0) is 11.3 Å². The summed E-state index contributed by atoms with van der Waals surface area (Å²) in [6, 6.07) is 7.31. The van der Waals surface area contributed by atoms with Crippen molar-refractivity contribution >= 4 is 17.6 Å². The van der Waals surface area contributed by atoms with Crippen molar-refractivity contribution in [3.05, 3.63) is 35.2 Å². The Morgan fingerprint density at radius 3 is 2.73 bits per heavy atom. The number of guanidine groups is 1. The molecular weight excluding hydrogens is 356 g/mol. The molecule has 0 spiro atoms. The first-order chi connectivity index (χ1) is 12.7. The highest BCUT2D eigenvalue weighted by Crippen LogP contribution is 2.18. The lowest BCUT2D eigenvalue weighted by atomic mass is 10.2. The number of rotatable bonds is 6. The number of aliphatic imine (C=N–C) groups is 1. The van der Waals surface area contributed by atoms with Crippen LogP contribution < -0.4 is 10.6 Å². The van der Waals surface area contributed by atoms with Gasteiger partial charge >= 0.3 is 0 Å². The zero-order valence-corrected chi connectivity index (χ0v) is 15.5. The fourth-order valence-electron chi connectivity index (χ4n) is 2.58. The van der Waals surface area contributed by atoms with Crippen LogP contribution >= 0.6 is 11.6 Å². The Balaban J connectivity index is 1.44. The van der Waals surface area contributed by atoms with Crippen LogP contribution in [0.3, 0.4) is 0 Å². The third kappa shape index (κ3) is 5.42. The Morgan fingerprint density at radius 2 is 2.00 bits per heavy atom. The van der Waals surface area contributed by atoms with Crippen molar-refractivity contribution in [3.8, 4) is 11.4 Å². The minimum absolute atomic E-state index is 0.401. The van der Waals surface area contributed by atoms with Crippen molar-refractivity contribution in [3.63, 3.8) is 0 Å². The summed E-state index contributed by atoms with van der Waals surface area (Å²) in [6.45, 7) is 5.72. The van der Waals surface area contributed by atoms with Gasteiger partial charge in [0.25, 0.3) is 0 Å². The highest BCUT2D eigenvalue weighted by atomic mass is 35.5. The van der Waals surface area contributed by atoms with E-state index in [-0.39, 0.29) is 0 Å². The fraction of sp³-hybridized carbons (Fsp3) is 0.471. The molecule has 0 unspecified atom stereocenters. The lowest BCUT2D eigenvalue weighted by Gasteiger charge is -2.26. The van der Waals surface area contributed by atoms with Gasteiger partial charge in [0.1, 0.15) is 0 Å². The molecule has 0 bridgehead atoms. The molecule has 1 aliphatic heterocycles. The maximum atomic E-state index is 5.89. The molecule has 26 heavy (non-hydrogen) atoms. The van der Waals surface area contributed by atoms with E-state index in [0.29, 0.717) is 29.2 Å². The van der Waals surface area contributed by atoms with E-state index in [9.17, 15) is 0 Å². The molecule has 1 aliphatic rings. The lowest BCUT2D eigenvalue weighted by Crippen LogP contribution is -2.44. The molecule has 1 aromatic heterocycles. The molecule has 140 valence electrons. The average Bonchev–Trinajstić information content (AvgIpc) is 3.15. The molecule has 2 N–H and O–H groups in total. The van der Waals surface area contributed by atoms with Gasteiger partial charge in [0.2, 0.25) is 11.7 Å². The third-order valence-corrected chi connectivity index (χ3v) is 4.28. The monoisotopic (exact) mass is 378 g/mol. The molecule has 2 heterocycles. The quantitative estimate of drug-likeness (QED) is 0.580. The van der Waals surface area contributed by atoms with Crippen LogP contribution in [0.1, 0.15) is 5.89 Å². The number of hydrogen-bond donors (Lipinski definition) is 2. The second-order valence-corrected chi connectivity index (χ2v) is 6.26. The predicted molar refractivity (Wildman–Crippen MR) is 100 cm³/mol. The van der Waals surface area contributed by atoms with Gasteiger partial charge in [0.05, 0.1) is 19.8 Å². The summed E-state index contributed by atoms with van der Waals surface area (Å²) in [5, 5.41) is 11.1. The number of aromatic nitrogens is 2. The zero-order valence-electron chi connectivity index (χ0n) is 14.7. The first-order valence-electron chi connectivity index (χ1n) is 8.58. The molecule has 0 radical (unpaired) electrons. The topological polar surface area (TPSA) is 87.8 Å². The summed E-state index contributed by atoms with van der Waals surface area (Å²) in [5.74, 6) is 1.73. The number of ether oxygens (including phenoxy) is 1. The van der Waals surface area contributed by atoms with E-state index < -0.39 is 0 Å². The Kier molecular flexibility index (Phi) is 6.82. The molecule has 1 saturated heterocycles. The van der Waals surface area contributed by atoms with Gasteiger partial charge < -0.3 is 19.9 Å². The number of hydrogen-bond acceptors (Lipinski definition) is 6. The SMILES string of the molecule is CN=C(NCCN1CCOCC1)NCc1nc(-c2ccc(Cl)cc2)no1. The standard InChI is InChI=1S/C17H23ClN6O2/c1-19-17(20-6-7-24-8-10-25-11-9-24)21-12-15-22-16(23-26-15)13-2-4-14(18)5-3-13/h2-5H,6-12H2,1H3,(H2,19,20,21). The molecule has 8 nitrogen and oxygen atoms in total. The minimum Gasteiger partial charge on any atom is -0.379 e. The van der Waals surface area contributed by atoms with Crippen molar-refractivity contribution in [2.24, 2.45) is 4.99 Å². The first-order valence-corrected chi connectivity index (χ1v) is 8.95. The van der Waals surface area contributed by atoms with Crippen LogP contribution in [-0.4, -0.2) is 67.4 Å². The van der Waals surface area contributed by atoms with Gasteiger partial charge in [-0.2, -0.15) is 4.98 Å². The van der Waals surface area contributed by atoms with Gasteiger partial charge in [0.15, 0.2) is 5.96 Å². The molecule has 0 saturated carbocycles. The molecule has 0 aliphatic carbocycles. The second-order valence-electron chi connectivity index (χ2n) is 5.83. The van der Waals surface area contributed by atoms with Gasteiger partial charge in [-0.25, -0.2) is 0 Å². The lowest BCUT2D eigenvalue weighted by molar-refractivity contribution is 0.0389. The van der Waals surface area contributed by atoms with Gasteiger partial charge in [-0.3, -0.25) is 9.89 Å². The summed E-state index contributed by atoms with van der Waals surface area (Å²) in [6.07, 6.45) is 0. The molecular formula is C17H23ClN6O2. The number of benzene rings is 1. The number of halogens is 1. The Morgan fingerprint density at radius 1 is 1.23 bits per heavy atom. The van der Waals surface area contributed by atoms with E-state index in [4.69, 9.17) is 20.9 Å². The second kappa shape index (κ2) is 9.51. The fourth-order valence-corrected chi connectivity index (χ4v) is 2.71. The Hall–Kier alpha value is -2.16. The number of nitrogens with zero attached hydrogens (tertiary/aromatic N) is 4. The van der Waals surface area contributed by atoms with Gasteiger partial charge in [-0.1, -0.05) is 16.8 Å². The first kappa shape index (κ1) is 18.6. The van der Waals surface area contributed by atoms with Crippen molar-refractivity contribution in [2.75, 3.05) is 46.4 Å². The van der Waals surface area contributed by atoms with Crippen LogP contribution in [0.2, 0.25) is 5.02 Å². The number of morpholine rings is 1. The molecule has 2 aromatic rings. The van der Waals surface area contributed by atoms with Crippen molar-refractivity contribution in [2.45, 2.75) is 6.54 Å². The molecule has 1 fully saturated rings. The van der Waals surface area contributed by atoms with E-state index in [0.717, 1.165) is 45.0 Å². The van der Waals surface area contributed by atoms with Crippen LogP contribution in [0, 0.1) is 0 Å². The van der Waals surface area contributed by atoms with Gasteiger partial charge in [-0.15, -0.1) is 0 Å². The highest BCUT2D eigenvalue weighted by molar-refractivity contribution is 6.30. The molecule has 0 amide bonds. The zero-order chi connectivity index (χ0) is 18.2. The van der Waals surface area contributed by atoms with E-state index in [2.05, 4.69) is 30.7 Å². The summed E-state index contributed by atoms with van der Waals surface area (Å²) in [7, 11) is 1.73. The summed E-state index contributed by atoms with van der Waals surface area (Å²) >= 11 is 5.89. The van der Waals surface area contributed by atoms with Crippen LogP contribution in [0.15, 0.2) is 33.8 Å². The summed E-state index contributed by atoms with van der Waals surface area (Å²) < 4.78 is 10.6. The summed E-state index contributed by atoms with van der Waals surface area (Å²) in [5.41, 5.74) is 0.859. The normalized spacial score (nSPS) is 15.8. The van der Waals surface area contributed by atoms with Gasteiger partial charge in [0, 0.05) is 43.8 Å². The van der Waals surface area contributed by atoms with Crippen LogP contribution in [0.5, 0.6) is 0 Å². The van der Waals surface area contributed by atoms with Crippen LogP contribution in [0.4, 0.5) is 0 Å². The molecule has 3 rings (SSSR count). The molecule has 9 heteroatoms. The largest absolute Gasteiger partial charge is 0.379 e. The van der Waals surface area contributed by atoms with Crippen molar-refractivity contribution in [1.82, 2.24) is 25.7 Å². The van der Waals surface area contributed by atoms with E-state index in [1.165, 1.54) is 0 Å². The maximum absolute atomic E-state index is 5.89. The Labute approximate surface area is 157 Å². The smallest absolute Gasteiger partial charge is 0.246 e. The highest BCUT2D eigenvalue weighted by Gasteiger charge is 2.11. The van der Waals surface area contributed by atoms with Crippen molar-refractivity contribution in [1.29, 1.82) is 0 Å². The third-order valence-electron chi connectivity index (χ3n) is 4.03. The van der Waals surface area contributed by atoms with Crippen molar-refractivity contribution < 1.29 is 9.26 Å². The maximum Gasteiger partial charge on any atom is 0.246 e. The van der Waals surface area contributed by atoms with E-state index in [1.54, 1.807) is 19.2 Å². The summed E-state index contributed by atoms with van der Waals surface area (Å²) in [4.78, 5) is 11.0. The predicted octanol–water partition coefficient (Wildman–Crippen LogP) is 1.39. The Bertz CT molecular complexity index is 712.